The Balaban J connectivity index is 1.62. The zero-order valence-corrected chi connectivity index (χ0v) is 15.0. The molecule has 24 heavy (non-hydrogen) atoms. The second-order valence-electron chi connectivity index (χ2n) is 6.83. The van der Waals surface area contributed by atoms with E-state index in [0.717, 1.165) is 61.9 Å². The average Bonchev–Trinajstić information content (AvgIpc) is 3.06. The number of halogens is 1. The van der Waals surface area contributed by atoms with Gasteiger partial charge in [0.25, 0.3) is 0 Å². The minimum Gasteiger partial charge on any atom is -0.396 e. The molecule has 0 unspecified atom stereocenters. The Labute approximate surface area is 149 Å². The van der Waals surface area contributed by atoms with Gasteiger partial charge in [-0.25, -0.2) is 4.98 Å². The van der Waals surface area contributed by atoms with Gasteiger partial charge >= 0.3 is 0 Å². The molecule has 0 amide bonds. The molecule has 0 atom stereocenters. The van der Waals surface area contributed by atoms with Gasteiger partial charge in [-0.1, -0.05) is 29.8 Å². The molecule has 0 aliphatic carbocycles. The monoisotopic (exact) mass is 347 g/mol. The number of imidazole rings is 1. The largest absolute Gasteiger partial charge is 0.396 e. The molecule has 0 saturated carbocycles. The van der Waals surface area contributed by atoms with Crippen molar-refractivity contribution in [2.75, 3.05) is 19.7 Å². The molecule has 5 heteroatoms. The van der Waals surface area contributed by atoms with E-state index in [0.29, 0.717) is 0 Å². The number of hydrogen-bond donors (Lipinski definition) is 1. The number of benzene rings is 1. The topological polar surface area (TPSA) is 41.3 Å². The first-order valence-corrected chi connectivity index (χ1v) is 9.10. The maximum absolute atomic E-state index is 10.0. The van der Waals surface area contributed by atoms with Gasteiger partial charge in [0.2, 0.25) is 0 Å². The molecule has 3 rings (SSSR count). The van der Waals surface area contributed by atoms with E-state index in [1.165, 1.54) is 0 Å². The van der Waals surface area contributed by atoms with Gasteiger partial charge < -0.3 is 9.67 Å². The van der Waals surface area contributed by atoms with Crippen molar-refractivity contribution in [1.29, 1.82) is 0 Å². The second-order valence-corrected chi connectivity index (χ2v) is 7.24. The maximum atomic E-state index is 10.0. The Morgan fingerprint density at radius 2 is 2.00 bits per heavy atom. The van der Waals surface area contributed by atoms with Gasteiger partial charge in [0.15, 0.2) is 0 Å². The third-order valence-electron chi connectivity index (χ3n) is 5.28. The third kappa shape index (κ3) is 3.82. The van der Waals surface area contributed by atoms with Crippen LogP contribution in [0.1, 0.15) is 31.2 Å². The van der Waals surface area contributed by atoms with Crippen LogP contribution in [0.2, 0.25) is 5.02 Å². The zero-order chi connectivity index (χ0) is 17.0. The lowest BCUT2D eigenvalue weighted by atomic mass is 9.74. The smallest absolute Gasteiger partial charge is 0.122 e. The highest BCUT2D eigenvalue weighted by atomic mass is 35.5. The van der Waals surface area contributed by atoms with Gasteiger partial charge in [0, 0.05) is 30.6 Å². The van der Waals surface area contributed by atoms with Crippen molar-refractivity contribution in [2.45, 2.75) is 39.3 Å². The van der Waals surface area contributed by atoms with Crippen LogP contribution in [0, 0.1) is 5.41 Å². The van der Waals surface area contributed by atoms with Gasteiger partial charge in [0.1, 0.15) is 5.82 Å². The fraction of sp³-hybridized carbons (Fsp3) is 0.526. The van der Waals surface area contributed by atoms with E-state index >= 15 is 0 Å². The fourth-order valence-electron chi connectivity index (χ4n) is 3.60. The molecular weight excluding hydrogens is 322 g/mol. The van der Waals surface area contributed by atoms with E-state index in [1.807, 2.05) is 30.6 Å². The number of hydrogen-bond acceptors (Lipinski definition) is 3. The zero-order valence-electron chi connectivity index (χ0n) is 14.3. The van der Waals surface area contributed by atoms with E-state index in [2.05, 4.69) is 27.4 Å². The summed E-state index contributed by atoms with van der Waals surface area (Å²) in [7, 11) is 0. The van der Waals surface area contributed by atoms with Crippen LogP contribution in [0.15, 0.2) is 36.7 Å². The van der Waals surface area contributed by atoms with Crippen LogP contribution < -0.4 is 0 Å². The number of piperidine rings is 1. The Morgan fingerprint density at radius 3 is 2.67 bits per heavy atom. The van der Waals surface area contributed by atoms with Crippen LogP contribution in [-0.2, 0) is 19.5 Å². The molecule has 0 spiro atoms. The molecule has 130 valence electrons. The molecule has 1 saturated heterocycles. The average molecular weight is 348 g/mol. The minimum absolute atomic E-state index is 0.0539. The molecule has 1 N–H and O–H groups in total. The first-order chi connectivity index (χ1) is 11.7. The molecule has 1 aromatic heterocycles. The van der Waals surface area contributed by atoms with E-state index in [1.54, 1.807) is 0 Å². The van der Waals surface area contributed by atoms with Crippen LogP contribution in [-0.4, -0.2) is 39.3 Å². The highest BCUT2D eigenvalue weighted by Gasteiger charge is 2.34. The van der Waals surface area contributed by atoms with Crippen LogP contribution in [0.3, 0.4) is 0 Å². The van der Waals surface area contributed by atoms with Crippen LogP contribution in [0.25, 0.3) is 0 Å². The van der Waals surface area contributed by atoms with Gasteiger partial charge in [0.05, 0.1) is 6.54 Å². The summed E-state index contributed by atoms with van der Waals surface area (Å²) in [6, 6.07) is 7.98. The van der Waals surface area contributed by atoms with Crippen LogP contribution in [0.5, 0.6) is 0 Å². The predicted octanol–water partition coefficient (Wildman–Crippen LogP) is 3.37. The number of rotatable bonds is 6. The van der Waals surface area contributed by atoms with E-state index in [9.17, 15) is 5.11 Å². The lowest BCUT2D eigenvalue weighted by Gasteiger charge is -2.41. The van der Waals surface area contributed by atoms with E-state index < -0.39 is 0 Å². The van der Waals surface area contributed by atoms with Crippen molar-refractivity contribution in [3.05, 3.63) is 53.1 Å². The number of aliphatic hydroxyl groups is 1. The molecule has 1 aliphatic heterocycles. The first-order valence-electron chi connectivity index (χ1n) is 8.72. The predicted molar refractivity (Wildman–Crippen MR) is 97.1 cm³/mol. The van der Waals surface area contributed by atoms with Gasteiger partial charge in [-0.2, -0.15) is 0 Å². The molecular formula is C19H26ClN3O. The second kappa shape index (κ2) is 7.68. The molecule has 4 nitrogen and oxygen atoms in total. The van der Waals surface area contributed by atoms with Crippen molar-refractivity contribution in [1.82, 2.24) is 14.5 Å². The van der Waals surface area contributed by atoms with Gasteiger partial charge in [-0.3, -0.25) is 4.90 Å². The molecule has 1 aromatic carbocycles. The van der Waals surface area contributed by atoms with Crippen molar-refractivity contribution in [3.63, 3.8) is 0 Å². The van der Waals surface area contributed by atoms with Crippen LogP contribution >= 0.6 is 11.6 Å². The Hall–Kier alpha value is -1.36. The van der Waals surface area contributed by atoms with Crippen LogP contribution in [0.4, 0.5) is 0 Å². The molecule has 0 bridgehead atoms. The highest BCUT2D eigenvalue weighted by molar-refractivity contribution is 6.31. The quantitative estimate of drug-likeness (QED) is 0.871. The summed E-state index contributed by atoms with van der Waals surface area (Å²) in [4.78, 5) is 6.91. The number of aliphatic hydroxyl groups excluding tert-OH is 1. The Kier molecular flexibility index (Phi) is 5.59. The Morgan fingerprint density at radius 1 is 1.25 bits per heavy atom. The molecule has 1 aliphatic rings. The minimum atomic E-state index is -0.0539. The summed E-state index contributed by atoms with van der Waals surface area (Å²) < 4.78 is 2.19. The van der Waals surface area contributed by atoms with E-state index in [-0.39, 0.29) is 12.0 Å². The van der Waals surface area contributed by atoms with Gasteiger partial charge in [-0.05, 0) is 56.3 Å². The maximum Gasteiger partial charge on any atom is 0.122 e. The first kappa shape index (κ1) is 17.5. The molecule has 2 heterocycles. The summed E-state index contributed by atoms with van der Waals surface area (Å²) in [6.45, 7) is 6.17. The summed E-state index contributed by atoms with van der Waals surface area (Å²) >= 11 is 6.32. The Bertz CT molecular complexity index is 662. The summed E-state index contributed by atoms with van der Waals surface area (Å²) in [5.74, 6) is 1.13. The molecule has 0 radical (unpaired) electrons. The van der Waals surface area contributed by atoms with Crippen molar-refractivity contribution < 1.29 is 5.11 Å². The normalized spacial score (nSPS) is 18.0. The van der Waals surface area contributed by atoms with Crippen molar-refractivity contribution >= 4 is 11.6 Å². The van der Waals surface area contributed by atoms with Gasteiger partial charge in [-0.15, -0.1) is 0 Å². The summed E-state index contributed by atoms with van der Waals surface area (Å²) in [5.41, 5.74) is 1.09. The number of aromatic nitrogens is 2. The lowest BCUT2D eigenvalue weighted by Crippen LogP contribution is -2.43. The third-order valence-corrected chi connectivity index (χ3v) is 5.65. The fourth-order valence-corrected chi connectivity index (χ4v) is 3.80. The summed E-state index contributed by atoms with van der Waals surface area (Å²) in [5, 5.41) is 10.8. The SMILES string of the molecule is CCn1ccnc1CN1CCC(CO)(Cc2ccccc2Cl)CC1. The standard InChI is InChI=1S/C19H26ClN3O/c1-2-23-12-9-21-18(23)14-22-10-7-19(15-24,8-11-22)13-16-5-3-4-6-17(16)20/h3-6,9,12,24H,2,7-8,10-11,13-15H2,1H3. The van der Waals surface area contributed by atoms with Crippen molar-refractivity contribution in [2.24, 2.45) is 5.41 Å². The number of aryl methyl sites for hydroxylation is 1. The number of nitrogens with zero attached hydrogens (tertiary/aromatic N) is 3. The molecule has 1 fully saturated rings. The summed E-state index contributed by atoms with van der Waals surface area (Å²) in [6.07, 6.45) is 6.73. The van der Waals surface area contributed by atoms with E-state index in [4.69, 9.17) is 11.6 Å². The number of likely N-dealkylation sites (tertiary alicyclic amines) is 1. The lowest BCUT2D eigenvalue weighted by molar-refractivity contribution is 0.0401. The molecule has 2 aromatic rings. The highest BCUT2D eigenvalue weighted by Crippen LogP contribution is 2.36. The van der Waals surface area contributed by atoms with Crippen molar-refractivity contribution in [3.8, 4) is 0 Å².